The molecule has 0 fully saturated rings. The second-order valence-electron chi connectivity index (χ2n) is 21.6. The standard InChI is InChI=1S/C66H115NO8/c1-6-8-10-12-14-16-18-20-22-24-25-26-27-28-29-30-31-32-33-34-35-36-37-38-39-41-42-44-46-48-50-52-54-56-63(68)73-60-62(61-74-66(65(70)71)72-59-58-67(3,4)5)75-64(69)57-55-53-51-49-47-45-43-40-23-21-19-17-15-13-11-9-7-2/h9,11,15,17-18,20-21,23-25,27-28,43,45,62,66H,6-8,10,12-14,16,19,22,26,29-42,44,46-61H2,1-5H3/p+1/b11-9-,17-15-,20-18-,23-21-,25-24-,28-27-,45-43-. The second-order valence-corrected chi connectivity index (χ2v) is 21.6. The number of carbonyl (C=O) groups is 3. The third kappa shape index (κ3) is 58.0. The first-order valence-corrected chi connectivity index (χ1v) is 30.8. The van der Waals surface area contributed by atoms with Crippen LogP contribution in [0, 0.1) is 0 Å². The number of hydrogen-bond donors (Lipinski definition) is 1. The molecule has 0 saturated carbocycles. The van der Waals surface area contributed by atoms with Gasteiger partial charge in [-0.2, -0.15) is 0 Å². The maximum absolute atomic E-state index is 12.8. The number of rotatable bonds is 56. The van der Waals surface area contributed by atoms with Crippen molar-refractivity contribution >= 4 is 17.9 Å². The van der Waals surface area contributed by atoms with Crippen LogP contribution in [0.3, 0.4) is 0 Å². The van der Waals surface area contributed by atoms with E-state index in [9.17, 15) is 19.5 Å². The Balaban J connectivity index is 4.12. The Labute approximate surface area is 461 Å². The minimum atomic E-state index is -1.52. The molecule has 0 heterocycles. The zero-order valence-corrected chi connectivity index (χ0v) is 49.2. The van der Waals surface area contributed by atoms with Gasteiger partial charge >= 0.3 is 17.9 Å². The number of aliphatic carboxylic acids is 1. The van der Waals surface area contributed by atoms with Crippen molar-refractivity contribution in [2.24, 2.45) is 0 Å². The van der Waals surface area contributed by atoms with E-state index in [0.29, 0.717) is 23.9 Å². The van der Waals surface area contributed by atoms with Crippen LogP contribution in [0.4, 0.5) is 0 Å². The Morgan fingerprint density at radius 2 is 0.760 bits per heavy atom. The molecule has 432 valence electrons. The Hall–Kier alpha value is -3.53. The summed E-state index contributed by atoms with van der Waals surface area (Å²) < 4.78 is 22.9. The molecule has 75 heavy (non-hydrogen) atoms. The number of hydrogen-bond acceptors (Lipinski definition) is 7. The number of allylic oxidation sites excluding steroid dienone is 14. The zero-order chi connectivity index (χ0) is 54.8. The number of unbranched alkanes of at least 4 members (excludes halogenated alkanes) is 27. The van der Waals surface area contributed by atoms with Gasteiger partial charge in [0.15, 0.2) is 6.10 Å². The monoisotopic (exact) mass is 1050 g/mol. The molecule has 1 N–H and O–H groups in total. The van der Waals surface area contributed by atoms with Gasteiger partial charge in [0.1, 0.15) is 13.2 Å². The van der Waals surface area contributed by atoms with Gasteiger partial charge in [0.05, 0.1) is 34.4 Å². The van der Waals surface area contributed by atoms with Crippen molar-refractivity contribution in [3.05, 3.63) is 85.1 Å². The third-order valence-electron chi connectivity index (χ3n) is 13.1. The molecule has 0 aliphatic heterocycles. The third-order valence-corrected chi connectivity index (χ3v) is 13.1. The Bertz CT molecular complexity index is 1500. The van der Waals surface area contributed by atoms with Gasteiger partial charge in [-0.3, -0.25) is 9.59 Å². The Morgan fingerprint density at radius 1 is 0.413 bits per heavy atom. The number of carboxylic acids is 1. The van der Waals surface area contributed by atoms with Gasteiger partial charge in [-0.05, 0) is 89.9 Å². The van der Waals surface area contributed by atoms with Crippen LogP contribution < -0.4 is 0 Å². The topological polar surface area (TPSA) is 108 Å². The highest BCUT2D eigenvalue weighted by Gasteiger charge is 2.25. The molecule has 0 saturated heterocycles. The summed E-state index contributed by atoms with van der Waals surface area (Å²) in [6.07, 6.45) is 72.5. The van der Waals surface area contributed by atoms with E-state index < -0.39 is 24.3 Å². The molecule has 0 aromatic carbocycles. The van der Waals surface area contributed by atoms with Crippen molar-refractivity contribution in [3.63, 3.8) is 0 Å². The predicted octanol–water partition coefficient (Wildman–Crippen LogP) is 18.3. The molecular weight excluding hydrogens is 935 g/mol. The van der Waals surface area contributed by atoms with E-state index in [-0.39, 0.29) is 32.2 Å². The van der Waals surface area contributed by atoms with E-state index in [0.717, 1.165) is 83.5 Å². The number of carboxylic acid groups (broad SMARTS) is 1. The van der Waals surface area contributed by atoms with Gasteiger partial charge in [0.25, 0.3) is 6.29 Å². The molecule has 0 amide bonds. The molecule has 0 aliphatic rings. The largest absolute Gasteiger partial charge is 0.477 e. The summed E-state index contributed by atoms with van der Waals surface area (Å²) in [5, 5.41) is 9.70. The molecule has 0 rings (SSSR count). The minimum absolute atomic E-state index is 0.180. The van der Waals surface area contributed by atoms with Gasteiger partial charge in [-0.25, -0.2) is 4.79 Å². The van der Waals surface area contributed by atoms with Crippen molar-refractivity contribution in [1.82, 2.24) is 0 Å². The quantitative estimate of drug-likeness (QED) is 0.0211. The lowest BCUT2D eigenvalue weighted by atomic mass is 10.0. The molecule has 0 bridgehead atoms. The summed E-state index contributed by atoms with van der Waals surface area (Å²) in [6, 6.07) is 0. The van der Waals surface area contributed by atoms with Gasteiger partial charge in [0, 0.05) is 12.8 Å². The van der Waals surface area contributed by atoms with Gasteiger partial charge in [-0.1, -0.05) is 240 Å². The average molecular weight is 1050 g/mol. The van der Waals surface area contributed by atoms with E-state index >= 15 is 0 Å². The zero-order valence-electron chi connectivity index (χ0n) is 49.2. The lowest BCUT2D eigenvalue weighted by Crippen LogP contribution is -2.40. The van der Waals surface area contributed by atoms with Crippen LogP contribution >= 0.6 is 0 Å². The van der Waals surface area contributed by atoms with Crippen LogP contribution in [0.5, 0.6) is 0 Å². The average Bonchev–Trinajstić information content (AvgIpc) is 3.38. The molecular formula is C66H116NO8+. The van der Waals surface area contributed by atoms with Crippen LogP contribution in [-0.4, -0.2) is 87.4 Å². The Kier molecular flexibility index (Phi) is 54.0. The molecule has 2 unspecified atom stereocenters. The molecule has 2 atom stereocenters. The fourth-order valence-corrected chi connectivity index (χ4v) is 8.42. The summed E-state index contributed by atoms with van der Waals surface area (Å²) in [6.45, 7) is 4.73. The van der Waals surface area contributed by atoms with E-state index in [1.165, 1.54) is 141 Å². The van der Waals surface area contributed by atoms with Crippen LogP contribution in [0.1, 0.15) is 258 Å². The van der Waals surface area contributed by atoms with Crippen LogP contribution in [0.2, 0.25) is 0 Å². The number of esters is 2. The maximum Gasteiger partial charge on any atom is 0.361 e. The van der Waals surface area contributed by atoms with Crippen molar-refractivity contribution < 1.29 is 42.9 Å². The molecule has 0 aromatic heterocycles. The molecule has 0 aliphatic carbocycles. The van der Waals surface area contributed by atoms with Crippen LogP contribution in [-0.2, 0) is 33.3 Å². The van der Waals surface area contributed by atoms with Crippen molar-refractivity contribution in [1.29, 1.82) is 0 Å². The first-order valence-electron chi connectivity index (χ1n) is 30.8. The maximum atomic E-state index is 12.8. The van der Waals surface area contributed by atoms with Gasteiger partial charge in [-0.15, -0.1) is 0 Å². The highest BCUT2D eigenvalue weighted by atomic mass is 16.7. The second kappa shape index (κ2) is 56.7. The molecule has 9 heteroatoms. The van der Waals surface area contributed by atoms with Crippen molar-refractivity contribution in [2.75, 3.05) is 47.5 Å². The highest BCUT2D eigenvalue weighted by Crippen LogP contribution is 2.16. The first kappa shape index (κ1) is 71.5. The summed E-state index contributed by atoms with van der Waals surface area (Å²) >= 11 is 0. The van der Waals surface area contributed by atoms with Crippen LogP contribution in [0.15, 0.2) is 85.1 Å². The molecule has 9 nitrogen and oxygen atoms in total. The van der Waals surface area contributed by atoms with E-state index in [1.54, 1.807) is 0 Å². The fourth-order valence-electron chi connectivity index (χ4n) is 8.42. The van der Waals surface area contributed by atoms with Gasteiger partial charge in [0.2, 0.25) is 0 Å². The normalized spacial score (nSPS) is 13.3. The smallest absolute Gasteiger partial charge is 0.361 e. The predicted molar refractivity (Wildman–Crippen MR) is 318 cm³/mol. The number of ether oxygens (including phenoxy) is 4. The minimum Gasteiger partial charge on any atom is -0.477 e. The number of likely N-dealkylation sites (N-methyl/N-ethyl adjacent to an activating group) is 1. The van der Waals surface area contributed by atoms with E-state index in [1.807, 2.05) is 21.1 Å². The summed E-state index contributed by atoms with van der Waals surface area (Å²) in [5.41, 5.74) is 0. The van der Waals surface area contributed by atoms with Crippen LogP contribution in [0.25, 0.3) is 0 Å². The van der Waals surface area contributed by atoms with Crippen molar-refractivity contribution in [2.45, 2.75) is 270 Å². The van der Waals surface area contributed by atoms with E-state index in [2.05, 4.69) is 98.9 Å². The van der Waals surface area contributed by atoms with E-state index in [4.69, 9.17) is 18.9 Å². The summed E-state index contributed by atoms with van der Waals surface area (Å²) in [5.74, 6) is -2.04. The first-order chi connectivity index (χ1) is 36.6. The number of nitrogens with zero attached hydrogens (tertiary/aromatic N) is 1. The number of carbonyl (C=O) groups excluding carboxylic acids is 2. The number of quaternary nitrogens is 1. The lowest BCUT2D eigenvalue weighted by molar-refractivity contribution is -0.870. The SMILES string of the molecule is CC/C=C\C/C=C\C/C=C\C/C=C\CCCCCCC(=O)OC(COC(=O)CCCCCCCCCCCCCCCCCCCC/C=C\C/C=C\C/C=C\CCCCCCC)COC(OCC[N+](C)(C)C)C(=O)O. The molecule has 0 aromatic rings. The van der Waals surface area contributed by atoms with Gasteiger partial charge < -0.3 is 28.5 Å². The Morgan fingerprint density at radius 3 is 1.13 bits per heavy atom. The van der Waals surface area contributed by atoms with Crippen molar-refractivity contribution in [3.8, 4) is 0 Å². The molecule has 0 radical (unpaired) electrons. The summed E-state index contributed by atoms with van der Waals surface area (Å²) in [4.78, 5) is 37.4. The summed E-state index contributed by atoms with van der Waals surface area (Å²) in [7, 11) is 5.96. The lowest BCUT2D eigenvalue weighted by Gasteiger charge is -2.25. The fraction of sp³-hybridized carbons (Fsp3) is 0.742. The highest BCUT2D eigenvalue weighted by molar-refractivity contribution is 5.71. The molecule has 0 spiro atoms.